The van der Waals surface area contributed by atoms with Crippen LogP contribution in [0.15, 0.2) is 6.20 Å². The number of anilines is 2. The molecule has 2 rings (SSSR count). The second-order valence-electron chi connectivity index (χ2n) is 4.55. The number of nitrogen functional groups attached to an aromatic ring is 1. The van der Waals surface area contributed by atoms with Crippen molar-refractivity contribution in [3.05, 3.63) is 11.2 Å². The maximum atomic E-state index is 6.04. The van der Waals surface area contributed by atoms with Crippen molar-refractivity contribution in [1.29, 1.82) is 0 Å². The summed E-state index contributed by atoms with van der Waals surface area (Å²) in [4.78, 5) is 10.5. The van der Waals surface area contributed by atoms with Gasteiger partial charge in [-0.05, 0) is 26.4 Å². The van der Waals surface area contributed by atoms with E-state index < -0.39 is 0 Å². The topological polar surface area (TPSA) is 79.1 Å². The number of likely N-dealkylation sites (tertiary alicyclic amines) is 1. The van der Waals surface area contributed by atoms with Crippen molar-refractivity contribution in [3.63, 3.8) is 0 Å². The highest BCUT2D eigenvalue weighted by atomic mass is 35.5. The van der Waals surface area contributed by atoms with Crippen molar-refractivity contribution in [2.75, 3.05) is 30.9 Å². The molecule has 1 aromatic heterocycles. The van der Waals surface area contributed by atoms with E-state index in [-0.39, 0.29) is 0 Å². The first-order chi connectivity index (χ1) is 8.70. The fourth-order valence-corrected chi connectivity index (χ4v) is 2.34. The lowest BCUT2D eigenvalue weighted by atomic mass is 10.0. The highest BCUT2D eigenvalue weighted by Gasteiger charge is 2.19. The average molecular weight is 271 g/mol. The minimum atomic E-state index is 0.360. The number of hydrogen-bond donors (Lipinski definition) is 3. The molecule has 7 heteroatoms. The van der Waals surface area contributed by atoms with Gasteiger partial charge in [-0.1, -0.05) is 18.0 Å². The van der Waals surface area contributed by atoms with E-state index in [0.717, 1.165) is 13.1 Å². The highest BCUT2D eigenvalue weighted by Crippen LogP contribution is 2.21. The largest absolute Gasteiger partial charge is 0.367 e. The van der Waals surface area contributed by atoms with Gasteiger partial charge < -0.3 is 10.2 Å². The highest BCUT2D eigenvalue weighted by molar-refractivity contribution is 6.32. The Hall–Kier alpha value is -1.11. The van der Waals surface area contributed by atoms with Crippen LogP contribution in [0.2, 0.25) is 5.02 Å². The third-order valence-corrected chi connectivity index (χ3v) is 3.58. The summed E-state index contributed by atoms with van der Waals surface area (Å²) in [5.74, 6) is 6.26. The Kier molecular flexibility index (Phi) is 4.57. The van der Waals surface area contributed by atoms with E-state index in [0.29, 0.717) is 22.8 Å². The minimum absolute atomic E-state index is 0.360. The summed E-state index contributed by atoms with van der Waals surface area (Å²) >= 11 is 6.04. The van der Waals surface area contributed by atoms with Gasteiger partial charge in [-0.3, -0.25) is 5.43 Å². The first-order valence-corrected chi connectivity index (χ1v) is 6.52. The van der Waals surface area contributed by atoms with E-state index in [4.69, 9.17) is 17.4 Å². The predicted octanol–water partition coefficient (Wildman–Crippen LogP) is 1.31. The molecule has 1 aromatic rings. The first-order valence-electron chi connectivity index (χ1n) is 6.14. The molecule has 1 unspecified atom stereocenters. The Balaban J connectivity index is 1.96. The molecule has 1 saturated heterocycles. The molecule has 18 heavy (non-hydrogen) atoms. The maximum Gasteiger partial charge on any atom is 0.239 e. The normalized spacial score (nSPS) is 20.7. The van der Waals surface area contributed by atoms with Crippen molar-refractivity contribution in [2.45, 2.75) is 25.3 Å². The van der Waals surface area contributed by atoms with Crippen molar-refractivity contribution in [2.24, 2.45) is 5.84 Å². The van der Waals surface area contributed by atoms with Crippen LogP contribution in [-0.4, -0.2) is 41.0 Å². The summed E-state index contributed by atoms with van der Waals surface area (Å²) < 4.78 is 0. The van der Waals surface area contributed by atoms with E-state index >= 15 is 0 Å². The van der Waals surface area contributed by atoms with E-state index in [1.165, 1.54) is 25.5 Å². The molecule has 1 aliphatic heterocycles. The number of likely N-dealkylation sites (N-methyl/N-ethyl adjacent to an activating group) is 1. The van der Waals surface area contributed by atoms with Gasteiger partial charge >= 0.3 is 0 Å². The Morgan fingerprint density at radius 2 is 2.39 bits per heavy atom. The van der Waals surface area contributed by atoms with Crippen molar-refractivity contribution in [1.82, 2.24) is 14.9 Å². The SMILES string of the molecule is CN1CCCCC1CNc1nc(NN)ncc1Cl. The number of piperidine rings is 1. The standard InChI is InChI=1S/C11H19ClN6/c1-18-5-3-2-4-8(18)6-14-10-9(12)7-15-11(16-10)17-13/h7-8H,2-6,13H2,1H3,(H2,14,15,16,17). The van der Waals surface area contributed by atoms with E-state index in [1.54, 1.807) is 0 Å². The van der Waals surface area contributed by atoms with Gasteiger partial charge in [-0.25, -0.2) is 10.8 Å². The zero-order valence-electron chi connectivity index (χ0n) is 10.5. The fraction of sp³-hybridized carbons (Fsp3) is 0.636. The summed E-state index contributed by atoms with van der Waals surface area (Å²) in [6.45, 7) is 1.98. The Morgan fingerprint density at radius 3 is 3.11 bits per heavy atom. The number of halogens is 1. The van der Waals surface area contributed by atoms with Crippen LogP contribution in [0.3, 0.4) is 0 Å². The number of rotatable bonds is 4. The molecule has 0 spiro atoms. The minimum Gasteiger partial charge on any atom is -0.367 e. The molecule has 1 atom stereocenters. The van der Waals surface area contributed by atoms with Gasteiger partial charge in [-0.2, -0.15) is 4.98 Å². The number of aromatic nitrogens is 2. The van der Waals surface area contributed by atoms with Gasteiger partial charge in [-0.15, -0.1) is 0 Å². The molecule has 1 fully saturated rings. The summed E-state index contributed by atoms with van der Waals surface area (Å²) in [6.07, 6.45) is 5.30. The van der Waals surface area contributed by atoms with Gasteiger partial charge in [0.25, 0.3) is 0 Å². The van der Waals surface area contributed by atoms with Crippen LogP contribution in [0.5, 0.6) is 0 Å². The number of hydrogen-bond acceptors (Lipinski definition) is 6. The maximum absolute atomic E-state index is 6.04. The van der Waals surface area contributed by atoms with E-state index in [9.17, 15) is 0 Å². The van der Waals surface area contributed by atoms with Gasteiger partial charge in [0.2, 0.25) is 5.95 Å². The quantitative estimate of drug-likeness (QED) is 0.566. The molecule has 0 saturated carbocycles. The Bertz CT molecular complexity index is 399. The van der Waals surface area contributed by atoms with Gasteiger partial charge in [0.15, 0.2) is 5.82 Å². The third-order valence-electron chi connectivity index (χ3n) is 3.30. The number of nitrogens with one attached hydrogen (secondary N) is 2. The Morgan fingerprint density at radius 1 is 1.56 bits per heavy atom. The molecule has 0 bridgehead atoms. The average Bonchev–Trinajstić information content (AvgIpc) is 2.39. The Labute approximate surface area is 112 Å². The second kappa shape index (κ2) is 6.17. The zero-order valence-corrected chi connectivity index (χ0v) is 11.2. The summed E-state index contributed by atoms with van der Waals surface area (Å²) in [6, 6.07) is 0.527. The molecule has 0 aliphatic carbocycles. The monoisotopic (exact) mass is 270 g/mol. The van der Waals surface area contributed by atoms with Crippen LogP contribution in [0.1, 0.15) is 19.3 Å². The summed E-state index contributed by atoms with van der Waals surface area (Å²) in [5, 5.41) is 3.77. The molecule has 4 N–H and O–H groups in total. The molecule has 0 radical (unpaired) electrons. The van der Waals surface area contributed by atoms with Crippen LogP contribution < -0.4 is 16.6 Å². The van der Waals surface area contributed by atoms with Crippen LogP contribution in [0.25, 0.3) is 0 Å². The van der Waals surface area contributed by atoms with E-state index in [1.807, 2.05) is 0 Å². The number of nitrogens with zero attached hydrogens (tertiary/aromatic N) is 3. The van der Waals surface area contributed by atoms with Crippen molar-refractivity contribution in [3.8, 4) is 0 Å². The molecule has 100 valence electrons. The number of nitrogens with two attached hydrogens (primary N) is 1. The lowest BCUT2D eigenvalue weighted by molar-refractivity contribution is 0.194. The summed E-state index contributed by atoms with van der Waals surface area (Å²) in [5.41, 5.74) is 2.41. The molecular weight excluding hydrogens is 252 g/mol. The van der Waals surface area contributed by atoms with Crippen LogP contribution in [0, 0.1) is 0 Å². The zero-order chi connectivity index (χ0) is 13.0. The lowest BCUT2D eigenvalue weighted by Crippen LogP contribution is -2.40. The van der Waals surface area contributed by atoms with E-state index in [2.05, 4.69) is 32.7 Å². The van der Waals surface area contributed by atoms with Crippen LogP contribution in [0.4, 0.5) is 11.8 Å². The van der Waals surface area contributed by atoms with Crippen LogP contribution in [-0.2, 0) is 0 Å². The molecule has 1 aliphatic rings. The predicted molar refractivity (Wildman–Crippen MR) is 73.6 cm³/mol. The number of hydrazine groups is 1. The lowest BCUT2D eigenvalue weighted by Gasteiger charge is -2.32. The van der Waals surface area contributed by atoms with Gasteiger partial charge in [0.1, 0.15) is 5.02 Å². The molecule has 0 aromatic carbocycles. The summed E-state index contributed by atoms with van der Waals surface area (Å²) in [7, 11) is 2.15. The van der Waals surface area contributed by atoms with Crippen molar-refractivity contribution >= 4 is 23.4 Å². The van der Waals surface area contributed by atoms with Crippen LogP contribution >= 0.6 is 11.6 Å². The first kappa shape index (κ1) is 13.3. The van der Waals surface area contributed by atoms with Gasteiger partial charge in [0.05, 0.1) is 6.20 Å². The third kappa shape index (κ3) is 3.22. The molecular formula is C11H19ClN6. The molecule has 0 amide bonds. The smallest absolute Gasteiger partial charge is 0.239 e. The molecule has 6 nitrogen and oxygen atoms in total. The molecule has 2 heterocycles. The second-order valence-corrected chi connectivity index (χ2v) is 4.95. The van der Waals surface area contributed by atoms with Gasteiger partial charge in [0, 0.05) is 12.6 Å². The fourth-order valence-electron chi connectivity index (χ4n) is 2.18. The van der Waals surface area contributed by atoms with Crippen molar-refractivity contribution < 1.29 is 0 Å².